The highest BCUT2D eigenvalue weighted by molar-refractivity contribution is 5.96. The summed E-state index contributed by atoms with van der Waals surface area (Å²) in [5.74, 6) is 0.920. The summed E-state index contributed by atoms with van der Waals surface area (Å²) >= 11 is 0. The quantitative estimate of drug-likeness (QED) is 0.250. The van der Waals surface area contributed by atoms with E-state index >= 15 is 0 Å². The molecule has 0 aliphatic heterocycles. The van der Waals surface area contributed by atoms with Crippen LogP contribution in [0.4, 0.5) is 5.69 Å². The number of aromatic amines is 2. The Balaban J connectivity index is 1.26. The molecule has 182 valence electrons. The highest BCUT2D eigenvalue weighted by Crippen LogP contribution is 2.33. The average Bonchev–Trinajstić information content (AvgIpc) is 3.52. The van der Waals surface area contributed by atoms with E-state index in [0.29, 0.717) is 23.1 Å². The summed E-state index contributed by atoms with van der Waals surface area (Å²) in [7, 11) is 0. The molecule has 10 heteroatoms. The predicted octanol–water partition coefficient (Wildman–Crippen LogP) is 4.55. The van der Waals surface area contributed by atoms with Gasteiger partial charge in [-0.3, -0.25) is 20.1 Å². The molecule has 0 radical (unpaired) electrons. The van der Waals surface area contributed by atoms with Crippen molar-refractivity contribution in [3.63, 3.8) is 0 Å². The Labute approximate surface area is 211 Å². The van der Waals surface area contributed by atoms with Crippen LogP contribution in [-0.4, -0.2) is 51.4 Å². The third-order valence-corrected chi connectivity index (χ3v) is 6.99. The molecule has 1 aliphatic rings. The summed E-state index contributed by atoms with van der Waals surface area (Å²) in [6, 6.07) is 7.88. The van der Waals surface area contributed by atoms with Crippen molar-refractivity contribution in [1.82, 2.24) is 40.1 Å². The van der Waals surface area contributed by atoms with Crippen LogP contribution >= 0.6 is 0 Å². The standard InChI is InChI=1S/C27H23N9O/c37-27(15-3-1-4-15)32-19-7-17(10-29-12-19)18-8-20-24(35-36-25(20)31-11-18)26-33-22-14-30-13-21(23(22)34-26)16-5-2-6-28-9-16/h2,5-15,27,32,37H,1,3-4H2,(H,33,34)(H,31,35,36). The van der Waals surface area contributed by atoms with Gasteiger partial charge >= 0.3 is 0 Å². The number of aromatic nitrogens is 8. The number of hydrogen-bond donors (Lipinski definition) is 4. The Hall–Kier alpha value is -4.70. The Kier molecular flexibility index (Phi) is 5.10. The fraction of sp³-hybridized carbons (Fsp3) is 0.185. The number of pyridine rings is 4. The lowest BCUT2D eigenvalue weighted by atomic mass is 9.84. The molecule has 4 N–H and O–H groups in total. The second-order valence-corrected chi connectivity index (χ2v) is 9.35. The monoisotopic (exact) mass is 489 g/mol. The molecule has 1 unspecified atom stereocenters. The van der Waals surface area contributed by atoms with Crippen molar-refractivity contribution in [3.8, 4) is 33.8 Å². The number of imidazole rings is 1. The molecular formula is C27H23N9O. The van der Waals surface area contributed by atoms with E-state index in [2.05, 4.69) is 40.4 Å². The molecule has 1 atom stereocenters. The van der Waals surface area contributed by atoms with Crippen LogP contribution in [0, 0.1) is 5.92 Å². The molecular weight excluding hydrogens is 466 g/mol. The highest BCUT2D eigenvalue weighted by atomic mass is 16.3. The first kappa shape index (κ1) is 21.6. The van der Waals surface area contributed by atoms with Gasteiger partial charge in [0.25, 0.3) is 0 Å². The Bertz CT molecular complexity index is 1720. The van der Waals surface area contributed by atoms with Gasteiger partial charge in [0, 0.05) is 59.2 Å². The largest absolute Gasteiger partial charge is 0.374 e. The third-order valence-electron chi connectivity index (χ3n) is 6.99. The van der Waals surface area contributed by atoms with E-state index in [4.69, 9.17) is 4.98 Å². The first-order valence-electron chi connectivity index (χ1n) is 12.2. The number of nitrogens with zero attached hydrogens (tertiary/aromatic N) is 6. The molecule has 0 bridgehead atoms. The number of anilines is 1. The van der Waals surface area contributed by atoms with Crippen LogP contribution in [0.25, 0.3) is 55.8 Å². The summed E-state index contributed by atoms with van der Waals surface area (Å²) < 4.78 is 0. The smallest absolute Gasteiger partial charge is 0.159 e. The minimum Gasteiger partial charge on any atom is -0.374 e. The second-order valence-electron chi connectivity index (χ2n) is 9.35. The fourth-order valence-electron chi connectivity index (χ4n) is 4.74. The summed E-state index contributed by atoms with van der Waals surface area (Å²) in [5, 5.41) is 22.0. The predicted molar refractivity (Wildman–Crippen MR) is 140 cm³/mol. The second kappa shape index (κ2) is 8.75. The number of nitrogens with one attached hydrogen (secondary N) is 3. The van der Waals surface area contributed by atoms with Crippen molar-refractivity contribution in [2.75, 3.05) is 5.32 Å². The normalized spacial score (nSPS) is 14.6. The zero-order valence-electron chi connectivity index (χ0n) is 19.8. The lowest BCUT2D eigenvalue weighted by Gasteiger charge is -2.31. The molecule has 0 aromatic carbocycles. The third kappa shape index (κ3) is 3.87. The van der Waals surface area contributed by atoms with Crippen LogP contribution in [0.1, 0.15) is 19.3 Å². The van der Waals surface area contributed by atoms with Gasteiger partial charge in [-0.05, 0) is 31.0 Å². The molecule has 1 fully saturated rings. The first-order chi connectivity index (χ1) is 18.2. The Morgan fingerprint density at radius 1 is 0.946 bits per heavy atom. The molecule has 6 aromatic heterocycles. The van der Waals surface area contributed by atoms with Gasteiger partial charge in [-0.1, -0.05) is 12.5 Å². The Morgan fingerprint density at radius 3 is 2.65 bits per heavy atom. The van der Waals surface area contributed by atoms with E-state index in [1.54, 1.807) is 43.4 Å². The van der Waals surface area contributed by atoms with Crippen molar-refractivity contribution >= 4 is 27.8 Å². The molecule has 6 aromatic rings. The van der Waals surface area contributed by atoms with Gasteiger partial charge in [-0.25, -0.2) is 9.97 Å². The maximum atomic E-state index is 10.4. The SMILES string of the molecule is OC(Nc1cncc(-c2cnc3[nH]nc(-c4nc5c(-c6cccnc6)cncc5[nH]4)c3c2)c1)C1CCC1. The van der Waals surface area contributed by atoms with Gasteiger partial charge in [0.2, 0.25) is 0 Å². The van der Waals surface area contributed by atoms with Crippen LogP contribution < -0.4 is 5.32 Å². The van der Waals surface area contributed by atoms with Gasteiger partial charge in [0.05, 0.1) is 29.0 Å². The molecule has 1 saturated carbocycles. The van der Waals surface area contributed by atoms with Crippen LogP contribution in [0.3, 0.4) is 0 Å². The number of rotatable bonds is 6. The zero-order valence-corrected chi connectivity index (χ0v) is 19.8. The Morgan fingerprint density at radius 2 is 1.81 bits per heavy atom. The van der Waals surface area contributed by atoms with Gasteiger partial charge < -0.3 is 15.4 Å². The van der Waals surface area contributed by atoms with Gasteiger partial charge in [-0.15, -0.1) is 0 Å². The number of H-pyrrole nitrogens is 2. The van der Waals surface area contributed by atoms with Crippen LogP contribution in [0.5, 0.6) is 0 Å². The van der Waals surface area contributed by atoms with Gasteiger partial charge in [0.15, 0.2) is 11.5 Å². The molecule has 0 amide bonds. The number of aliphatic hydroxyl groups is 1. The van der Waals surface area contributed by atoms with E-state index in [9.17, 15) is 5.11 Å². The highest BCUT2D eigenvalue weighted by Gasteiger charge is 2.25. The zero-order chi connectivity index (χ0) is 24.8. The van der Waals surface area contributed by atoms with Gasteiger partial charge in [-0.2, -0.15) is 5.10 Å². The number of aliphatic hydroxyl groups excluding tert-OH is 1. The molecule has 10 nitrogen and oxygen atoms in total. The lowest BCUT2D eigenvalue weighted by Crippen LogP contribution is -2.33. The topological polar surface area (TPSA) is 141 Å². The van der Waals surface area contributed by atoms with E-state index < -0.39 is 6.23 Å². The molecule has 0 saturated heterocycles. The summed E-state index contributed by atoms with van der Waals surface area (Å²) in [4.78, 5) is 25.8. The molecule has 1 aliphatic carbocycles. The summed E-state index contributed by atoms with van der Waals surface area (Å²) in [6.07, 6.45) is 15.1. The maximum absolute atomic E-state index is 10.4. The van der Waals surface area contributed by atoms with E-state index in [-0.39, 0.29) is 0 Å². The lowest BCUT2D eigenvalue weighted by molar-refractivity contribution is 0.0851. The van der Waals surface area contributed by atoms with E-state index in [1.807, 2.05) is 24.3 Å². The van der Waals surface area contributed by atoms with E-state index in [1.165, 1.54) is 6.42 Å². The van der Waals surface area contributed by atoms with Crippen molar-refractivity contribution in [2.45, 2.75) is 25.5 Å². The fourth-order valence-corrected chi connectivity index (χ4v) is 4.74. The van der Waals surface area contributed by atoms with Crippen molar-refractivity contribution in [3.05, 3.63) is 67.6 Å². The van der Waals surface area contributed by atoms with E-state index in [0.717, 1.165) is 57.2 Å². The van der Waals surface area contributed by atoms with Crippen molar-refractivity contribution in [2.24, 2.45) is 5.92 Å². The number of fused-ring (bicyclic) bond motifs is 2. The summed E-state index contributed by atoms with van der Waals surface area (Å²) in [6.45, 7) is 0. The first-order valence-corrected chi connectivity index (χ1v) is 12.2. The average molecular weight is 490 g/mol. The maximum Gasteiger partial charge on any atom is 0.159 e. The van der Waals surface area contributed by atoms with Crippen LogP contribution in [-0.2, 0) is 0 Å². The van der Waals surface area contributed by atoms with Crippen molar-refractivity contribution < 1.29 is 5.11 Å². The van der Waals surface area contributed by atoms with Crippen LogP contribution in [0.2, 0.25) is 0 Å². The van der Waals surface area contributed by atoms with Crippen molar-refractivity contribution in [1.29, 1.82) is 0 Å². The minimum atomic E-state index is -0.564. The summed E-state index contributed by atoms with van der Waals surface area (Å²) in [5.41, 5.74) is 7.32. The molecule has 0 spiro atoms. The molecule has 37 heavy (non-hydrogen) atoms. The molecule has 7 rings (SSSR count). The molecule has 6 heterocycles. The van der Waals surface area contributed by atoms with Crippen LogP contribution in [0.15, 0.2) is 67.6 Å². The van der Waals surface area contributed by atoms with Gasteiger partial charge in [0.1, 0.15) is 17.4 Å². The number of hydrogen-bond acceptors (Lipinski definition) is 8. The minimum absolute atomic E-state index is 0.299.